The van der Waals surface area contributed by atoms with Gasteiger partial charge in [-0.2, -0.15) is 0 Å². The van der Waals surface area contributed by atoms with Crippen LogP contribution in [0.25, 0.3) is 0 Å². The molecule has 1 aromatic carbocycles. The molecule has 22 heavy (non-hydrogen) atoms. The number of hydrogen-bond donors (Lipinski definition) is 3. The van der Waals surface area contributed by atoms with Crippen molar-refractivity contribution in [1.29, 1.82) is 0 Å². The highest BCUT2D eigenvalue weighted by Gasteiger charge is 2.50. The Kier molecular flexibility index (Phi) is 4.49. The van der Waals surface area contributed by atoms with Gasteiger partial charge in [-0.1, -0.05) is 6.07 Å². The lowest BCUT2D eigenvalue weighted by molar-refractivity contribution is -0.143. The van der Waals surface area contributed by atoms with E-state index < -0.39 is 11.4 Å². The molecule has 2 amide bonds. The molecule has 6 heteroatoms. The van der Waals surface area contributed by atoms with Crippen molar-refractivity contribution >= 4 is 17.8 Å². The van der Waals surface area contributed by atoms with E-state index in [1.165, 1.54) is 0 Å². The van der Waals surface area contributed by atoms with E-state index in [0.717, 1.165) is 11.1 Å². The molecule has 0 aliphatic heterocycles. The number of carbonyl (C=O) groups excluding carboxylic acids is 2. The first-order valence-corrected chi connectivity index (χ1v) is 7.20. The summed E-state index contributed by atoms with van der Waals surface area (Å²) in [5, 5.41) is 14.1. The van der Waals surface area contributed by atoms with Gasteiger partial charge in [-0.05, 0) is 49.9 Å². The van der Waals surface area contributed by atoms with E-state index in [2.05, 4.69) is 10.6 Å². The third-order valence-corrected chi connectivity index (χ3v) is 4.11. The molecule has 118 valence electrons. The van der Waals surface area contributed by atoms with Gasteiger partial charge >= 0.3 is 5.97 Å². The minimum absolute atomic E-state index is 0.112. The van der Waals surface area contributed by atoms with Crippen LogP contribution in [-0.2, 0) is 9.59 Å². The molecular weight excluding hydrogens is 284 g/mol. The van der Waals surface area contributed by atoms with E-state index in [-0.39, 0.29) is 24.9 Å². The lowest BCUT2D eigenvalue weighted by Gasteiger charge is -2.11. The van der Waals surface area contributed by atoms with Crippen LogP contribution in [0.4, 0.5) is 0 Å². The van der Waals surface area contributed by atoms with Crippen LogP contribution >= 0.6 is 0 Å². The number of nitrogens with one attached hydrogen (secondary N) is 2. The van der Waals surface area contributed by atoms with Crippen LogP contribution in [0.15, 0.2) is 18.2 Å². The van der Waals surface area contributed by atoms with Crippen molar-refractivity contribution in [3.63, 3.8) is 0 Å². The van der Waals surface area contributed by atoms with Gasteiger partial charge in [0.1, 0.15) is 0 Å². The number of hydrogen-bond acceptors (Lipinski definition) is 3. The van der Waals surface area contributed by atoms with Crippen LogP contribution in [0.1, 0.15) is 34.3 Å². The number of amides is 2. The van der Waals surface area contributed by atoms with E-state index in [4.69, 9.17) is 5.11 Å². The summed E-state index contributed by atoms with van der Waals surface area (Å²) in [4.78, 5) is 34.6. The summed E-state index contributed by atoms with van der Waals surface area (Å²) >= 11 is 0. The number of carboxylic acids is 1. The standard InChI is InChI=1S/C16H20N2O4/c1-10-3-4-12(7-11(10)2)14(20)17-8-13(19)18-9-16(5-6-16)15(21)22/h3-4,7H,5-6,8-9H2,1-2H3,(H,17,20)(H,18,19)(H,21,22). The van der Waals surface area contributed by atoms with Crippen molar-refractivity contribution in [2.75, 3.05) is 13.1 Å². The maximum Gasteiger partial charge on any atom is 0.311 e. The van der Waals surface area contributed by atoms with Gasteiger partial charge in [0.2, 0.25) is 5.91 Å². The van der Waals surface area contributed by atoms with Gasteiger partial charge in [0, 0.05) is 12.1 Å². The Morgan fingerprint density at radius 3 is 2.36 bits per heavy atom. The number of rotatable bonds is 6. The van der Waals surface area contributed by atoms with Gasteiger partial charge < -0.3 is 15.7 Å². The largest absolute Gasteiger partial charge is 0.481 e. The van der Waals surface area contributed by atoms with Crippen LogP contribution in [0.5, 0.6) is 0 Å². The third-order valence-electron chi connectivity index (χ3n) is 4.11. The van der Waals surface area contributed by atoms with Gasteiger partial charge in [-0.25, -0.2) is 0 Å². The Morgan fingerprint density at radius 2 is 1.82 bits per heavy atom. The first-order chi connectivity index (χ1) is 10.3. The topological polar surface area (TPSA) is 95.5 Å². The van der Waals surface area contributed by atoms with Crippen LogP contribution < -0.4 is 10.6 Å². The van der Waals surface area contributed by atoms with Crippen molar-refractivity contribution in [2.24, 2.45) is 5.41 Å². The molecule has 6 nitrogen and oxygen atoms in total. The molecule has 3 N–H and O–H groups in total. The summed E-state index contributed by atoms with van der Waals surface area (Å²) in [7, 11) is 0. The Balaban J connectivity index is 1.79. The lowest BCUT2D eigenvalue weighted by Crippen LogP contribution is -2.40. The summed E-state index contributed by atoms with van der Waals surface area (Å²) in [6, 6.07) is 5.33. The van der Waals surface area contributed by atoms with E-state index in [1.807, 2.05) is 19.9 Å². The molecule has 0 saturated heterocycles. The number of benzene rings is 1. The fourth-order valence-corrected chi connectivity index (χ4v) is 2.09. The monoisotopic (exact) mass is 304 g/mol. The molecule has 1 fully saturated rings. The third kappa shape index (κ3) is 3.63. The van der Waals surface area contributed by atoms with Crippen LogP contribution in [0.2, 0.25) is 0 Å². The maximum atomic E-state index is 11.9. The SMILES string of the molecule is Cc1ccc(C(=O)NCC(=O)NCC2(C(=O)O)CC2)cc1C. The molecule has 1 aliphatic rings. The molecular formula is C16H20N2O4. The maximum absolute atomic E-state index is 11.9. The molecule has 0 bridgehead atoms. The van der Waals surface area contributed by atoms with Gasteiger partial charge in [0.15, 0.2) is 0 Å². The average molecular weight is 304 g/mol. The molecule has 1 saturated carbocycles. The molecule has 0 spiro atoms. The molecule has 1 aromatic rings. The number of carbonyl (C=O) groups is 3. The summed E-state index contributed by atoms with van der Waals surface area (Å²) in [6.45, 7) is 3.82. The minimum Gasteiger partial charge on any atom is -0.481 e. The second kappa shape index (κ2) is 6.17. The summed E-state index contributed by atoms with van der Waals surface area (Å²) in [6.07, 6.45) is 1.16. The zero-order valence-electron chi connectivity index (χ0n) is 12.7. The van der Waals surface area contributed by atoms with Gasteiger partial charge in [0.25, 0.3) is 5.91 Å². The zero-order chi connectivity index (χ0) is 16.3. The van der Waals surface area contributed by atoms with Gasteiger partial charge in [-0.15, -0.1) is 0 Å². The average Bonchev–Trinajstić information content (AvgIpc) is 3.26. The molecule has 2 rings (SSSR count). The molecule has 0 atom stereocenters. The highest BCUT2D eigenvalue weighted by Crippen LogP contribution is 2.45. The van der Waals surface area contributed by atoms with E-state index in [0.29, 0.717) is 18.4 Å². The Hall–Kier alpha value is -2.37. The number of aryl methyl sites for hydroxylation is 2. The van der Waals surface area contributed by atoms with Gasteiger partial charge in [-0.3, -0.25) is 14.4 Å². The van der Waals surface area contributed by atoms with Crippen LogP contribution in [0.3, 0.4) is 0 Å². The molecule has 0 radical (unpaired) electrons. The minimum atomic E-state index is -0.882. The second-order valence-corrected chi connectivity index (χ2v) is 5.84. The van der Waals surface area contributed by atoms with E-state index in [9.17, 15) is 14.4 Å². The Morgan fingerprint density at radius 1 is 1.14 bits per heavy atom. The predicted molar refractivity (Wildman–Crippen MR) is 80.6 cm³/mol. The predicted octanol–water partition coefficient (Wildman–Crippen LogP) is 1.01. The highest BCUT2D eigenvalue weighted by molar-refractivity contribution is 5.96. The highest BCUT2D eigenvalue weighted by atomic mass is 16.4. The van der Waals surface area contributed by atoms with Crippen LogP contribution in [-0.4, -0.2) is 36.0 Å². The number of carboxylic acid groups (broad SMARTS) is 1. The normalized spacial score (nSPS) is 15.0. The van der Waals surface area contributed by atoms with Crippen LogP contribution in [0, 0.1) is 19.3 Å². The quantitative estimate of drug-likeness (QED) is 0.731. The zero-order valence-corrected chi connectivity index (χ0v) is 12.7. The second-order valence-electron chi connectivity index (χ2n) is 5.84. The summed E-state index contributed by atoms with van der Waals surface area (Å²) in [5.74, 6) is -1.59. The molecule has 0 unspecified atom stereocenters. The smallest absolute Gasteiger partial charge is 0.311 e. The number of aliphatic carboxylic acids is 1. The molecule has 0 aromatic heterocycles. The summed E-state index contributed by atoms with van der Waals surface area (Å²) < 4.78 is 0. The molecule has 1 aliphatic carbocycles. The van der Waals surface area contributed by atoms with Crippen molar-refractivity contribution < 1.29 is 19.5 Å². The van der Waals surface area contributed by atoms with Crippen molar-refractivity contribution in [3.05, 3.63) is 34.9 Å². The van der Waals surface area contributed by atoms with Crippen molar-refractivity contribution in [2.45, 2.75) is 26.7 Å². The fourth-order valence-electron chi connectivity index (χ4n) is 2.09. The molecule has 0 heterocycles. The first kappa shape index (κ1) is 16.0. The van der Waals surface area contributed by atoms with E-state index >= 15 is 0 Å². The fraction of sp³-hybridized carbons (Fsp3) is 0.438. The van der Waals surface area contributed by atoms with Crippen molar-refractivity contribution in [3.8, 4) is 0 Å². The Bertz CT molecular complexity index is 621. The first-order valence-electron chi connectivity index (χ1n) is 7.20. The van der Waals surface area contributed by atoms with Crippen molar-refractivity contribution in [1.82, 2.24) is 10.6 Å². The van der Waals surface area contributed by atoms with E-state index in [1.54, 1.807) is 12.1 Å². The van der Waals surface area contributed by atoms with Gasteiger partial charge in [0.05, 0.1) is 12.0 Å². The lowest BCUT2D eigenvalue weighted by atomic mass is 10.1. The summed E-state index contributed by atoms with van der Waals surface area (Å²) in [5.41, 5.74) is 1.81. The Labute approximate surface area is 128 Å².